The van der Waals surface area contributed by atoms with E-state index in [9.17, 15) is 4.79 Å². The molecule has 7 heteroatoms. The van der Waals surface area contributed by atoms with E-state index in [1.807, 2.05) is 49.4 Å². The number of hydrogen-bond acceptors (Lipinski definition) is 5. The quantitative estimate of drug-likeness (QED) is 0.458. The average Bonchev–Trinajstić information content (AvgIpc) is 3.17. The predicted molar refractivity (Wildman–Crippen MR) is 121 cm³/mol. The molecule has 4 rings (SSSR count). The number of methoxy groups -OCH3 is 1. The Labute approximate surface area is 178 Å². The van der Waals surface area contributed by atoms with Crippen molar-refractivity contribution in [2.75, 3.05) is 12.4 Å². The maximum absolute atomic E-state index is 12.4. The minimum Gasteiger partial charge on any atom is -0.496 e. The Bertz CT molecular complexity index is 1230. The molecule has 30 heavy (non-hydrogen) atoms. The van der Waals surface area contributed by atoms with Gasteiger partial charge in [0.15, 0.2) is 10.7 Å². The zero-order valence-electron chi connectivity index (χ0n) is 16.4. The highest BCUT2D eigenvalue weighted by atomic mass is 32.1. The molecule has 0 atom stereocenters. The highest BCUT2D eigenvalue weighted by Gasteiger charge is 2.13. The van der Waals surface area contributed by atoms with Crippen molar-refractivity contribution >= 4 is 40.0 Å². The van der Waals surface area contributed by atoms with Gasteiger partial charge in [0.2, 0.25) is 5.89 Å². The highest BCUT2D eigenvalue weighted by Crippen LogP contribution is 2.26. The van der Waals surface area contributed by atoms with Gasteiger partial charge in [-0.25, -0.2) is 4.98 Å². The summed E-state index contributed by atoms with van der Waals surface area (Å²) in [6, 6.07) is 20.3. The second kappa shape index (κ2) is 8.34. The molecule has 3 aromatic carbocycles. The van der Waals surface area contributed by atoms with Crippen molar-refractivity contribution in [1.29, 1.82) is 0 Å². The molecule has 0 saturated carbocycles. The normalized spacial score (nSPS) is 10.6. The number of fused-ring (bicyclic) bond motifs is 1. The van der Waals surface area contributed by atoms with Crippen molar-refractivity contribution in [2.24, 2.45) is 0 Å². The molecule has 0 radical (unpaired) electrons. The molecule has 2 N–H and O–H groups in total. The van der Waals surface area contributed by atoms with E-state index in [-0.39, 0.29) is 11.0 Å². The molecule has 6 nitrogen and oxygen atoms in total. The Morgan fingerprint density at radius 3 is 2.60 bits per heavy atom. The van der Waals surface area contributed by atoms with Gasteiger partial charge < -0.3 is 14.5 Å². The van der Waals surface area contributed by atoms with Crippen LogP contribution < -0.4 is 15.4 Å². The summed E-state index contributed by atoms with van der Waals surface area (Å²) in [7, 11) is 1.52. The van der Waals surface area contributed by atoms with Gasteiger partial charge in [0, 0.05) is 11.3 Å². The van der Waals surface area contributed by atoms with Crippen molar-refractivity contribution < 1.29 is 13.9 Å². The number of carbonyl (C=O) groups is 1. The van der Waals surface area contributed by atoms with Crippen molar-refractivity contribution in [3.8, 4) is 17.2 Å². The maximum Gasteiger partial charge on any atom is 0.261 e. The Morgan fingerprint density at radius 2 is 1.83 bits per heavy atom. The fraction of sp³-hybridized carbons (Fsp3) is 0.0870. The van der Waals surface area contributed by atoms with E-state index in [1.54, 1.807) is 24.3 Å². The first-order chi connectivity index (χ1) is 14.5. The Morgan fingerprint density at radius 1 is 1.07 bits per heavy atom. The lowest BCUT2D eigenvalue weighted by Crippen LogP contribution is -2.34. The Balaban J connectivity index is 1.43. The van der Waals surface area contributed by atoms with Gasteiger partial charge in [-0.1, -0.05) is 18.2 Å². The van der Waals surface area contributed by atoms with Crippen molar-refractivity contribution in [3.63, 3.8) is 0 Å². The lowest BCUT2D eigenvalue weighted by Gasteiger charge is -2.11. The van der Waals surface area contributed by atoms with Gasteiger partial charge in [-0.15, -0.1) is 0 Å². The zero-order chi connectivity index (χ0) is 21.1. The SMILES string of the molecule is COc1ccccc1C(=O)NC(=S)Nc1ccc(-c2nc3cc(C)ccc3o2)cc1. The summed E-state index contributed by atoms with van der Waals surface area (Å²) in [5.41, 5.74) is 4.69. The fourth-order valence-electron chi connectivity index (χ4n) is 3.02. The van der Waals surface area contributed by atoms with E-state index in [0.717, 1.165) is 27.9 Å². The maximum atomic E-state index is 12.4. The van der Waals surface area contributed by atoms with Crippen LogP contribution in [0.3, 0.4) is 0 Å². The predicted octanol–water partition coefficient (Wildman–Crippen LogP) is 4.94. The van der Waals surface area contributed by atoms with Gasteiger partial charge >= 0.3 is 0 Å². The third-order valence-corrected chi connectivity index (χ3v) is 4.72. The van der Waals surface area contributed by atoms with E-state index in [1.165, 1.54) is 7.11 Å². The minimum absolute atomic E-state index is 0.191. The van der Waals surface area contributed by atoms with Gasteiger partial charge in [-0.05, 0) is 73.2 Å². The number of rotatable bonds is 4. The third kappa shape index (κ3) is 4.16. The van der Waals surface area contributed by atoms with Crippen LogP contribution in [0.15, 0.2) is 71.1 Å². The molecule has 0 fully saturated rings. The summed E-state index contributed by atoms with van der Waals surface area (Å²) in [6.07, 6.45) is 0. The van der Waals surface area contributed by atoms with Gasteiger partial charge in [-0.3, -0.25) is 10.1 Å². The number of benzene rings is 3. The highest BCUT2D eigenvalue weighted by molar-refractivity contribution is 7.80. The van der Waals surface area contributed by atoms with Gasteiger partial charge in [0.25, 0.3) is 5.91 Å². The summed E-state index contributed by atoms with van der Waals surface area (Å²) in [6.45, 7) is 2.02. The van der Waals surface area contributed by atoms with Crippen LogP contribution in [0, 0.1) is 6.92 Å². The summed E-state index contributed by atoms with van der Waals surface area (Å²) in [5, 5.41) is 5.85. The van der Waals surface area contributed by atoms with Crippen LogP contribution in [0.4, 0.5) is 5.69 Å². The number of amides is 1. The van der Waals surface area contributed by atoms with Crippen LogP contribution >= 0.6 is 12.2 Å². The number of aromatic nitrogens is 1. The van der Waals surface area contributed by atoms with E-state index in [2.05, 4.69) is 15.6 Å². The molecule has 0 bridgehead atoms. The first kappa shape index (κ1) is 19.6. The van der Waals surface area contributed by atoms with E-state index in [4.69, 9.17) is 21.4 Å². The van der Waals surface area contributed by atoms with Gasteiger partial charge in [-0.2, -0.15) is 0 Å². The van der Waals surface area contributed by atoms with Crippen LogP contribution in [-0.2, 0) is 0 Å². The number of hydrogen-bond donors (Lipinski definition) is 2. The zero-order valence-corrected chi connectivity index (χ0v) is 17.2. The van der Waals surface area contributed by atoms with Crippen LogP contribution in [0.1, 0.15) is 15.9 Å². The van der Waals surface area contributed by atoms with Crippen LogP contribution in [0.5, 0.6) is 5.75 Å². The molecule has 0 aliphatic heterocycles. The summed E-state index contributed by atoms with van der Waals surface area (Å²) in [4.78, 5) is 17.0. The lowest BCUT2D eigenvalue weighted by molar-refractivity contribution is 0.0975. The molecule has 0 spiro atoms. The van der Waals surface area contributed by atoms with Crippen molar-refractivity contribution in [2.45, 2.75) is 6.92 Å². The molecule has 1 aromatic heterocycles. The van der Waals surface area contributed by atoms with E-state index in [0.29, 0.717) is 17.2 Å². The number of nitrogens with one attached hydrogen (secondary N) is 2. The Kier molecular flexibility index (Phi) is 5.45. The second-order valence-electron chi connectivity index (χ2n) is 6.68. The molecule has 150 valence electrons. The largest absolute Gasteiger partial charge is 0.496 e. The van der Waals surface area contributed by atoms with E-state index >= 15 is 0 Å². The lowest BCUT2D eigenvalue weighted by atomic mass is 10.2. The standard InChI is InChI=1S/C23H19N3O3S/c1-14-7-12-20-18(13-14)25-22(29-20)15-8-10-16(11-9-15)24-23(30)26-21(27)17-5-3-4-6-19(17)28-2/h3-13H,1-2H3,(H2,24,26,27,30). The smallest absolute Gasteiger partial charge is 0.261 e. The number of anilines is 1. The van der Waals surface area contributed by atoms with Crippen LogP contribution in [0.2, 0.25) is 0 Å². The molecule has 0 aliphatic carbocycles. The number of aryl methyl sites for hydroxylation is 1. The van der Waals surface area contributed by atoms with E-state index < -0.39 is 0 Å². The van der Waals surface area contributed by atoms with Gasteiger partial charge in [0.1, 0.15) is 11.3 Å². The second-order valence-corrected chi connectivity index (χ2v) is 7.08. The number of nitrogens with zero attached hydrogens (tertiary/aromatic N) is 1. The van der Waals surface area contributed by atoms with Gasteiger partial charge in [0.05, 0.1) is 12.7 Å². The number of oxazole rings is 1. The molecule has 0 aliphatic rings. The van der Waals surface area contributed by atoms with Crippen molar-refractivity contribution in [3.05, 3.63) is 77.9 Å². The summed E-state index contributed by atoms with van der Waals surface area (Å²) >= 11 is 5.26. The monoisotopic (exact) mass is 417 g/mol. The molecular weight excluding hydrogens is 398 g/mol. The first-order valence-electron chi connectivity index (χ1n) is 9.26. The molecule has 0 unspecified atom stereocenters. The number of thiocarbonyl (C=S) groups is 1. The molecule has 4 aromatic rings. The summed E-state index contributed by atoms with van der Waals surface area (Å²) < 4.78 is 11.0. The minimum atomic E-state index is -0.344. The fourth-order valence-corrected chi connectivity index (χ4v) is 3.23. The van der Waals surface area contributed by atoms with Crippen LogP contribution in [-0.4, -0.2) is 23.1 Å². The number of carbonyl (C=O) groups excluding carboxylic acids is 1. The van der Waals surface area contributed by atoms with Crippen molar-refractivity contribution in [1.82, 2.24) is 10.3 Å². The molecular formula is C23H19N3O3S. The topological polar surface area (TPSA) is 76.4 Å². The molecule has 0 saturated heterocycles. The summed E-state index contributed by atoms with van der Waals surface area (Å²) in [5.74, 6) is 0.688. The molecule has 1 amide bonds. The molecule has 1 heterocycles. The van der Waals surface area contributed by atoms with Crippen LogP contribution in [0.25, 0.3) is 22.6 Å². The number of para-hydroxylation sites is 1. The Hall–Kier alpha value is -3.71. The first-order valence-corrected chi connectivity index (χ1v) is 9.67. The average molecular weight is 417 g/mol. The number of ether oxygens (including phenoxy) is 1. The third-order valence-electron chi connectivity index (χ3n) is 4.51.